The third-order valence-electron chi connectivity index (χ3n) is 4.21. The van der Waals surface area contributed by atoms with Crippen LogP contribution < -0.4 is 5.32 Å². The first kappa shape index (κ1) is 19.6. The van der Waals surface area contributed by atoms with E-state index in [-0.39, 0.29) is 5.91 Å². The molecule has 140 valence electrons. The minimum Gasteiger partial charge on any atom is -0.355 e. The Hall–Kier alpha value is -2.18. The molecule has 4 nitrogen and oxygen atoms in total. The lowest BCUT2D eigenvalue weighted by Crippen LogP contribution is -2.27. The quantitative estimate of drug-likeness (QED) is 0.574. The zero-order valence-corrected chi connectivity index (χ0v) is 17.2. The Balaban J connectivity index is 1.44. The maximum atomic E-state index is 12.1. The van der Waals surface area contributed by atoms with Gasteiger partial charge in [0.1, 0.15) is 4.34 Å². The SMILES string of the molecule is Cc1ccc(C)c(CSc2nc(CC(=O)NCCc3ccncc3)cs2)c1. The number of thioether (sulfide) groups is 1. The van der Waals surface area contributed by atoms with Gasteiger partial charge in [-0.05, 0) is 49.1 Å². The third-order valence-corrected chi connectivity index (χ3v) is 6.33. The summed E-state index contributed by atoms with van der Waals surface area (Å²) >= 11 is 3.34. The van der Waals surface area contributed by atoms with Crippen molar-refractivity contribution >= 4 is 29.0 Å². The molecule has 0 aliphatic heterocycles. The van der Waals surface area contributed by atoms with Crippen molar-refractivity contribution in [3.05, 3.63) is 76.1 Å². The second-order valence-electron chi connectivity index (χ2n) is 6.46. The average Bonchev–Trinajstić information content (AvgIpc) is 3.10. The Bertz CT molecular complexity index is 893. The van der Waals surface area contributed by atoms with Crippen molar-refractivity contribution in [2.45, 2.75) is 36.8 Å². The van der Waals surface area contributed by atoms with Crippen LogP contribution in [0.5, 0.6) is 0 Å². The number of rotatable bonds is 8. The average molecular weight is 398 g/mol. The molecule has 0 aliphatic carbocycles. The van der Waals surface area contributed by atoms with E-state index in [1.165, 1.54) is 22.3 Å². The van der Waals surface area contributed by atoms with E-state index in [2.05, 4.69) is 47.3 Å². The molecular formula is C21H23N3OS2. The molecule has 0 saturated carbocycles. The van der Waals surface area contributed by atoms with E-state index in [0.29, 0.717) is 13.0 Å². The zero-order chi connectivity index (χ0) is 19.1. The zero-order valence-electron chi connectivity index (χ0n) is 15.6. The number of pyridine rings is 1. The molecule has 0 radical (unpaired) electrons. The van der Waals surface area contributed by atoms with Gasteiger partial charge < -0.3 is 5.32 Å². The highest BCUT2D eigenvalue weighted by molar-refractivity contribution is 8.00. The van der Waals surface area contributed by atoms with Gasteiger partial charge in [-0.15, -0.1) is 11.3 Å². The number of carbonyl (C=O) groups excluding carboxylic acids is 1. The molecule has 0 unspecified atom stereocenters. The molecule has 3 aromatic rings. The van der Waals surface area contributed by atoms with Crippen LogP contribution in [-0.2, 0) is 23.4 Å². The van der Waals surface area contributed by atoms with Gasteiger partial charge in [0.05, 0.1) is 12.1 Å². The molecule has 0 aliphatic rings. The van der Waals surface area contributed by atoms with Crippen LogP contribution in [-0.4, -0.2) is 22.4 Å². The Kier molecular flexibility index (Phi) is 7.01. The molecule has 27 heavy (non-hydrogen) atoms. The van der Waals surface area contributed by atoms with Gasteiger partial charge in [-0.3, -0.25) is 9.78 Å². The second-order valence-corrected chi connectivity index (χ2v) is 8.54. The molecule has 0 saturated heterocycles. The van der Waals surface area contributed by atoms with E-state index in [1.807, 2.05) is 17.5 Å². The number of aryl methyl sites for hydroxylation is 2. The number of carbonyl (C=O) groups is 1. The van der Waals surface area contributed by atoms with E-state index in [0.717, 1.165) is 22.2 Å². The topological polar surface area (TPSA) is 54.9 Å². The van der Waals surface area contributed by atoms with Gasteiger partial charge in [-0.1, -0.05) is 35.5 Å². The predicted octanol–water partition coefficient (Wildman–Crippen LogP) is 4.35. The number of aromatic nitrogens is 2. The predicted molar refractivity (Wildman–Crippen MR) is 112 cm³/mol. The smallest absolute Gasteiger partial charge is 0.226 e. The molecular weight excluding hydrogens is 374 g/mol. The van der Waals surface area contributed by atoms with Gasteiger partial charge in [0.2, 0.25) is 5.91 Å². The third kappa shape index (κ3) is 6.19. The van der Waals surface area contributed by atoms with Gasteiger partial charge in [-0.25, -0.2) is 4.98 Å². The normalized spacial score (nSPS) is 10.7. The van der Waals surface area contributed by atoms with Crippen molar-refractivity contribution in [2.24, 2.45) is 0 Å². The lowest BCUT2D eigenvalue weighted by atomic mass is 10.1. The van der Waals surface area contributed by atoms with Crippen molar-refractivity contribution in [1.29, 1.82) is 0 Å². The number of nitrogens with zero attached hydrogens (tertiary/aromatic N) is 2. The number of benzene rings is 1. The molecule has 2 heterocycles. The molecule has 1 aromatic carbocycles. The van der Waals surface area contributed by atoms with Crippen LogP contribution in [0.2, 0.25) is 0 Å². The van der Waals surface area contributed by atoms with E-state index in [4.69, 9.17) is 0 Å². The van der Waals surface area contributed by atoms with Crippen molar-refractivity contribution in [3.63, 3.8) is 0 Å². The maximum Gasteiger partial charge on any atom is 0.226 e. The van der Waals surface area contributed by atoms with Crippen LogP contribution in [0.4, 0.5) is 0 Å². The van der Waals surface area contributed by atoms with Crippen molar-refractivity contribution in [1.82, 2.24) is 15.3 Å². The van der Waals surface area contributed by atoms with Gasteiger partial charge in [0.15, 0.2) is 0 Å². The highest BCUT2D eigenvalue weighted by atomic mass is 32.2. The standard InChI is InChI=1S/C21H23N3OS2/c1-15-3-4-16(2)18(11-15)13-26-21-24-19(14-27-21)12-20(25)23-10-7-17-5-8-22-9-6-17/h3-6,8-9,11,14H,7,10,12-13H2,1-2H3,(H,23,25). The second kappa shape index (κ2) is 9.67. The highest BCUT2D eigenvalue weighted by Crippen LogP contribution is 2.27. The number of hydrogen-bond donors (Lipinski definition) is 1. The highest BCUT2D eigenvalue weighted by Gasteiger charge is 2.09. The first-order valence-corrected chi connectivity index (χ1v) is 10.8. The summed E-state index contributed by atoms with van der Waals surface area (Å²) in [6, 6.07) is 10.5. The van der Waals surface area contributed by atoms with Crippen LogP contribution >= 0.6 is 23.1 Å². The summed E-state index contributed by atoms with van der Waals surface area (Å²) in [6.07, 6.45) is 4.67. The molecule has 6 heteroatoms. The Labute approximate surface area is 168 Å². The fourth-order valence-corrected chi connectivity index (χ4v) is 4.56. The molecule has 1 amide bonds. The Morgan fingerprint density at radius 2 is 2.00 bits per heavy atom. The van der Waals surface area contributed by atoms with Crippen LogP contribution in [0.15, 0.2) is 52.4 Å². The Morgan fingerprint density at radius 3 is 2.81 bits per heavy atom. The fourth-order valence-electron chi connectivity index (χ4n) is 2.65. The van der Waals surface area contributed by atoms with Crippen molar-refractivity contribution < 1.29 is 4.79 Å². The summed E-state index contributed by atoms with van der Waals surface area (Å²) in [7, 11) is 0. The minimum atomic E-state index is 0.0143. The largest absolute Gasteiger partial charge is 0.355 e. The molecule has 0 fully saturated rings. The molecule has 1 N–H and O–H groups in total. The van der Waals surface area contributed by atoms with Gasteiger partial charge in [-0.2, -0.15) is 0 Å². The van der Waals surface area contributed by atoms with E-state index < -0.39 is 0 Å². The number of nitrogens with one attached hydrogen (secondary N) is 1. The first-order valence-electron chi connectivity index (χ1n) is 8.89. The molecule has 2 aromatic heterocycles. The fraction of sp³-hybridized carbons (Fsp3) is 0.286. The lowest BCUT2D eigenvalue weighted by molar-refractivity contribution is -0.120. The van der Waals surface area contributed by atoms with Crippen LogP contribution in [0.1, 0.15) is 27.9 Å². The van der Waals surface area contributed by atoms with Crippen LogP contribution in [0.3, 0.4) is 0 Å². The van der Waals surface area contributed by atoms with E-state index in [9.17, 15) is 4.79 Å². The number of amides is 1. The summed E-state index contributed by atoms with van der Waals surface area (Å²) in [5.41, 5.74) is 5.93. The summed E-state index contributed by atoms with van der Waals surface area (Å²) in [5.74, 6) is 0.916. The number of hydrogen-bond acceptors (Lipinski definition) is 5. The first-order chi connectivity index (χ1) is 13.1. The van der Waals surface area contributed by atoms with Crippen molar-refractivity contribution in [2.75, 3.05) is 6.54 Å². The van der Waals surface area contributed by atoms with E-state index in [1.54, 1.807) is 35.5 Å². The monoisotopic (exact) mass is 397 g/mol. The maximum absolute atomic E-state index is 12.1. The molecule has 3 rings (SSSR count). The lowest BCUT2D eigenvalue weighted by Gasteiger charge is -2.05. The molecule has 0 bridgehead atoms. The van der Waals surface area contributed by atoms with Gasteiger partial charge in [0, 0.05) is 30.1 Å². The summed E-state index contributed by atoms with van der Waals surface area (Å²) in [5, 5.41) is 4.94. The minimum absolute atomic E-state index is 0.0143. The summed E-state index contributed by atoms with van der Waals surface area (Å²) in [6.45, 7) is 4.88. The van der Waals surface area contributed by atoms with Gasteiger partial charge in [0.25, 0.3) is 0 Å². The van der Waals surface area contributed by atoms with Crippen LogP contribution in [0.25, 0.3) is 0 Å². The van der Waals surface area contributed by atoms with E-state index >= 15 is 0 Å². The summed E-state index contributed by atoms with van der Waals surface area (Å²) < 4.78 is 1.01. The number of thiazole rings is 1. The molecule has 0 spiro atoms. The summed E-state index contributed by atoms with van der Waals surface area (Å²) in [4.78, 5) is 20.7. The molecule has 0 atom stereocenters. The van der Waals surface area contributed by atoms with Gasteiger partial charge >= 0.3 is 0 Å². The van der Waals surface area contributed by atoms with Crippen molar-refractivity contribution in [3.8, 4) is 0 Å². The Morgan fingerprint density at radius 1 is 1.19 bits per heavy atom. The van der Waals surface area contributed by atoms with Crippen LogP contribution in [0, 0.1) is 13.8 Å².